The van der Waals surface area contributed by atoms with E-state index < -0.39 is 0 Å². The van der Waals surface area contributed by atoms with Gasteiger partial charge in [-0.1, -0.05) is 6.07 Å². The average molecular weight is 323 g/mol. The summed E-state index contributed by atoms with van der Waals surface area (Å²) in [6, 6.07) is 12.0. The molecule has 2 aliphatic rings. The summed E-state index contributed by atoms with van der Waals surface area (Å²) in [6.45, 7) is 1.32. The van der Waals surface area contributed by atoms with Gasteiger partial charge in [0.2, 0.25) is 0 Å². The second kappa shape index (κ2) is 6.51. The van der Waals surface area contributed by atoms with E-state index in [0.29, 0.717) is 12.6 Å². The number of carbonyl (C=O) groups excluding carboxylic acids is 1. The maximum atomic E-state index is 12.7. The monoisotopic (exact) mass is 323 g/mol. The van der Waals surface area contributed by atoms with Crippen LogP contribution in [0.15, 0.2) is 42.6 Å². The highest BCUT2D eigenvalue weighted by Gasteiger charge is 2.33. The van der Waals surface area contributed by atoms with Crippen LogP contribution in [0, 0.1) is 0 Å². The second-order valence-corrected chi connectivity index (χ2v) is 6.38. The van der Waals surface area contributed by atoms with Gasteiger partial charge in [0.15, 0.2) is 0 Å². The lowest BCUT2D eigenvalue weighted by molar-refractivity contribution is 0.205. The van der Waals surface area contributed by atoms with Crippen LogP contribution in [0.4, 0.5) is 10.5 Å². The molecule has 5 nitrogen and oxygen atoms in total. The molecule has 2 heterocycles. The van der Waals surface area contributed by atoms with Crippen LogP contribution < -0.4 is 10.1 Å². The van der Waals surface area contributed by atoms with Gasteiger partial charge >= 0.3 is 6.03 Å². The molecular weight excluding hydrogens is 302 g/mol. The Morgan fingerprint density at radius 1 is 1.29 bits per heavy atom. The average Bonchev–Trinajstić information content (AvgIpc) is 3.45. The third-order valence-electron chi connectivity index (χ3n) is 4.47. The van der Waals surface area contributed by atoms with E-state index in [0.717, 1.165) is 49.4 Å². The van der Waals surface area contributed by atoms with Crippen LogP contribution in [-0.2, 0) is 13.0 Å². The van der Waals surface area contributed by atoms with E-state index in [1.165, 1.54) is 5.56 Å². The van der Waals surface area contributed by atoms with Gasteiger partial charge in [0, 0.05) is 17.9 Å². The predicted octanol–water partition coefficient (Wildman–Crippen LogP) is 3.60. The summed E-state index contributed by atoms with van der Waals surface area (Å²) < 4.78 is 5.63. The highest BCUT2D eigenvalue weighted by molar-refractivity contribution is 5.90. The van der Waals surface area contributed by atoms with Crippen LogP contribution in [0.25, 0.3) is 0 Å². The van der Waals surface area contributed by atoms with Crippen LogP contribution in [0.1, 0.15) is 30.5 Å². The standard InChI is InChI=1S/C19H21N3O2/c23-19(21-15-6-9-18-14(12-15)4-3-11-24-18)22(17-7-8-17)13-16-5-1-2-10-20-16/h1-2,5-6,9-10,12,17H,3-4,7-8,11,13H2,(H,21,23). The lowest BCUT2D eigenvalue weighted by atomic mass is 10.1. The number of amides is 2. The lowest BCUT2D eigenvalue weighted by Crippen LogP contribution is -2.36. The van der Waals surface area contributed by atoms with E-state index in [1.54, 1.807) is 6.20 Å². The van der Waals surface area contributed by atoms with Gasteiger partial charge in [0.05, 0.1) is 18.8 Å². The fourth-order valence-electron chi connectivity index (χ4n) is 3.05. The molecular formula is C19H21N3O2. The van der Waals surface area contributed by atoms with Gasteiger partial charge in [-0.25, -0.2) is 4.79 Å². The zero-order chi connectivity index (χ0) is 16.4. The molecule has 0 saturated heterocycles. The van der Waals surface area contributed by atoms with Crippen molar-refractivity contribution in [3.05, 3.63) is 53.9 Å². The number of hydrogen-bond acceptors (Lipinski definition) is 3. The van der Waals surface area contributed by atoms with E-state index in [1.807, 2.05) is 41.3 Å². The van der Waals surface area contributed by atoms with E-state index in [-0.39, 0.29) is 6.03 Å². The summed E-state index contributed by atoms with van der Waals surface area (Å²) >= 11 is 0. The number of carbonyl (C=O) groups is 1. The van der Waals surface area contributed by atoms with Crippen LogP contribution >= 0.6 is 0 Å². The highest BCUT2D eigenvalue weighted by Crippen LogP contribution is 2.30. The number of anilines is 1. The number of nitrogens with zero attached hydrogens (tertiary/aromatic N) is 2. The first-order valence-corrected chi connectivity index (χ1v) is 8.53. The van der Waals surface area contributed by atoms with Crippen molar-refractivity contribution in [1.29, 1.82) is 0 Å². The third kappa shape index (κ3) is 3.35. The van der Waals surface area contributed by atoms with E-state index in [2.05, 4.69) is 10.3 Å². The molecule has 24 heavy (non-hydrogen) atoms. The topological polar surface area (TPSA) is 54.5 Å². The van der Waals surface area contributed by atoms with Crippen molar-refractivity contribution in [2.24, 2.45) is 0 Å². The van der Waals surface area contributed by atoms with Gasteiger partial charge in [-0.15, -0.1) is 0 Å². The smallest absolute Gasteiger partial charge is 0.322 e. The van der Waals surface area contributed by atoms with Crippen molar-refractivity contribution in [2.75, 3.05) is 11.9 Å². The first-order chi connectivity index (χ1) is 11.8. The molecule has 0 bridgehead atoms. The van der Waals surface area contributed by atoms with Crippen molar-refractivity contribution in [1.82, 2.24) is 9.88 Å². The summed E-state index contributed by atoms with van der Waals surface area (Å²) in [5.41, 5.74) is 2.91. The molecule has 0 spiro atoms. The number of nitrogens with one attached hydrogen (secondary N) is 1. The molecule has 2 amide bonds. The Balaban J connectivity index is 1.47. The molecule has 0 atom stereocenters. The number of urea groups is 1. The minimum atomic E-state index is -0.0557. The molecule has 1 N–H and O–H groups in total. The molecule has 5 heteroatoms. The Morgan fingerprint density at radius 2 is 2.21 bits per heavy atom. The first kappa shape index (κ1) is 15.0. The van der Waals surface area contributed by atoms with Gasteiger partial charge in [-0.3, -0.25) is 4.98 Å². The molecule has 1 fully saturated rings. The molecule has 1 aromatic carbocycles. The Labute approximate surface area is 141 Å². The quantitative estimate of drug-likeness (QED) is 0.935. The minimum absolute atomic E-state index is 0.0557. The van der Waals surface area contributed by atoms with Crippen LogP contribution in [0.2, 0.25) is 0 Å². The molecule has 4 rings (SSSR count). The number of rotatable bonds is 4. The number of benzene rings is 1. The summed E-state index contributed by atoms with van der Waals surface area (Å²) in [4.78, 5) is 18.9. The normalized spacial score (nSPS) is 16.0. The second-order valence-electron chi connectivity index (χ2n) is 6.38. The highest BCUT2D eigenvalue weighted by atomic mass is 16.5. The molecule has 124 valence electrons. The fourth-order valence-corrected chi connectivity index (χ4v) is 3.05. The minimum Gasteiger partial charge on any atom is -0.493 e. The van der Waals surface area contributed by atoms with Gasteiger partial charge < -0.3 is 15.0 Å². The van der Waals surface area contributed by atoms with Crippen molar-refractivity contribution in [2.45, 2.75) is 38.3 Å². The molecule has 1 aliphatic heterocycles. The maximum Gasteiger partial charge on any atom is 0.322 e. The zero-order valence-corrected chi connectivity index (χ0v) is 13.6. The molecule has 0 radical (unpaired) electrons. The molecule has 1 aliphatic carbocycles. The van der Waals surface area contributed by atoms with E-state index in [9.17, 15) is 4.79 Å². The summed E-state index contributed by atoms with van der Waals surface area (Å²) in [7, 11) is 0. The Hall–Kier alpha value is -2.56. The predicted molar refractivity (Wildman–Crippen MR) is 92.1 cm³/mol. The number of hydrogen-bond donors (Lipinski definition) is 1. The third-order valence-corrected chi connectivity index (χ3v) is 4.47. The first-order valence-electron chi connectivity index (χ1n) is 8.53. The lowest BCUT2D eigenvalue weighted by Gasteiger charge is -2.23. The number of aromatic nitrogens is 1. The number of pyridine rings is 1. The molecule has 2 aromatic rings. The molecule has 1 aromatic heterocycles. The van der Waals surface area contributed by atoms with Crippen LogP contribution in [0.5, 0.6) is 5.75 Å². The summed E-state index contributed by atoms with van der Waals surface area (Å²) in [6.07, 6.45) is 5.93. The number of fused-ring (bicyclic) bond motifs is 1. The Kier molecular flexibility index (Phi) is 4.07. The SMILES string of the molecule is O=C(Nc1ccc2c(c1)CCCO2)N(Cc1ccccn1)C1CC1. The summed E-state index contributed by atoms with van der Waals surface area (Å²) in [5, 5.41) is 3.04. The summed E-state index contributed by atoms with van der Waals surface area (Å²) in [5.74, 6) is 0.937. The van der Waals surface area contributed by atoms with Crippen molar-refractivity contribution >= 4 is 11.7 Å². The van der Waals surface area contributed by atoms with Crippen LogP contribution in [0.3, 0.4) is 0 Å². The Bertz CT molecular complexity index is 729. The number of ether oxygens (including phenoxy) is 1. The largest absolute Gasteiger partial charge is 0.493 e. The van der Waals surface area contributed by atoms with Crippen LogP contribution in [-0.4, -0.2) is 28.6 Å². The van der Waals surface area contributed by atoms with Crippen molar-refractivity contribution in [3.8, 4) is 5.75 Å². The van der Waals surface area contributed by atoms with E-state index in [4.69, 9.17) is 4.74 Å². The molecule has 1 saturated carbocycles. The van der Waals surface area contributed by atoms with Gasteiger partial charge in [-0.2, -0.15) is 0 Å². The zero-order valence-electron chi connectivity index (χ0n) is 13.6. The number of aryl methyl sites for hydroxylation is 1. The maximum absolute atomic E-state index is 12.7. The van der Waals surface area contributed by atoms with Gasteiger partial charge in [0.1, 0.15) is 5.75 Å². The molecule has 0 unspecified atom stereocenters. The van der Waals surface area contributed by atoms with E-state index >= 15 is 0 Å². The van der Waals surface area contributed by atoms with Crippen molar-refractivity contribution < 1.29 is 9.53 Å². The van der Waals surface area contributed by atoms with Gasteiger partial charge in [0.25, 0.3) is 0 Å². The fraction of sp³-hybridized carbons (Fsp3) is 0.368. The van der Waals surface area contributed by atoms with Crippen molar-refractivity contribution in [3.63, 3.8) is 0 Å². The Morgan fingerprint density at radius 3 is 3.00 bits per heavy atom. The van der Waals surface area contributed by atoms with Gasteiger partial charge in [-0.05, 0) is 61.6 Å².